The minimum atomic E-state index is 0. The van der Waals surface area contributed by atoms with Gasteiger partial charge in [0.15, 0.2) is 0 Å². The fourth-order valence-corrected chi connectivity index (χ4v) is 0.436. The molecule has 0 aromatic carbocycles. The van der Waals surface area contributed by atoms with Gasteiger partial charge >= 0.3 is 0 Å². The second kappa shape index (κ2) is 2.75. The first kappa shape index (κ1) is 6.63. The van der Waals surface area contributed by atoms with Crippen LogP contribution in [0.4, 0.5) is 0 Å². The zero-order valence-electron chi connectivity index (χ0n) is 3.79. The Labute approximate surface area is 49.4 Å². The highest BCUT2D eigenvalue weighted by molar-refractivity contribution is 6.51. The van der Waals surface area contributed by atoms with E-state index in [1.54, 1.807) is 6.08 Å². The van der Waals surface area contributed by atoms with Crippen LogP contribution in [0, 0.1) is 0 Å². The van der Waals surface area contributed by atoms with Crippen molar-refractivity contribution < 1.29 is 5.11 Å². The van der Waals surface area contributed by atoms with Crippen LogP contribution in [-0.2, 0) is 0 Å². The first-order valence-corrected chi connectivity index (χ1v) is 1.94. The molecular formula is C4H6BClO. The molecule has 1 rings (SSSR count). The van der Waals surface area contributed by atoms with E-state index in [1.807, 2.05) is 12.1 Å². The Hall–Kier alpha value is -0.365. The zero-order valence-corrected chi connectivity index (χ0v) is 4.61. The first-order valence-electron chi connectivity index (χ1n) is 1.94. The normalized spacial score (nSPS) is 14.6. The summed E-state index contributed by atoms with van der Waals surface area (Å²) < 4.78 is 0. The molecule has 7 heavy (non-hydrogen) atoms. The molecule has 0 fully saturated rings. The molecule has 0 bridgehead atoms. The number of rotatable bonds is 0. The van der Waals surface area contributed by atoms with Crippen molar-refractivity contribution in [3.8, 4) is 0 Å². The van der Waals surface area contributed by atoms with Gasteiger partial charge in [-0.1, -0.05) is 6.08 Å². The summed E-state index contributed by atoms with van der Waals surface area (Å²) in [6.07, 6.45) is 3.54. The van der Waals surface area contributed by atoms with Crippen molar-refractivity contribution in [1.29, 1.82) is 0 Å². The van der Waals surface area contributed by atoms with Crippen LogP contribution in [0.15, 0.2) is 23.8 Å². The van der Waals surface area contributed by atoms with Crippen molar-refractivity contribution in [2.45, 2.75) is 0 Å². The lowest BCUT2D eigenvalue weighted by Gasteiger charge is -1.77. The van der Waals surface area contributed by atoms with E-state index in [0.29, 0.717) is 5.66 Å². The van der Waals surface area contributed by atoms with Gasteiger partial charge in [0.1, 0.15) is 0 Å². The molecule has 0 saturated carbocycles. The maximum Gasteiger partial charge on any atom is 0.228 e. The van der Waals surface area contributed by atoms with Gasteiger partial charge in [0.05, 0.1) is 5.66 Å². The maximum atomic E-state index is 8.53. The summed E-state index contributed by atoms with van der Waals surface area (Å²) in [5, 5.41) is 8.53. The van der Waals surface area contributed by atoms with Gasteiger partial charge in [-0.25, -0.2) is 0 Å². The SMILES string of the molecule is Cl.OC1=CC=CB1. The molecule has 1 heterocycles. The highest BCUT2D eigenvalue weighted by Gasteiger charge is 1.92. The number of aliphatic hydroxyl groups excluding tert-OH is 1. The summed E-state index contributed by atoms with van der Waals surface area (Å²) in [5.41, 5.74) is 0.468. The topological polar surface area (TPSA) is 20.2 Å². The molecule has 0 radical (unpaired) electrons. The second-order valence-electron chi connectivity index (χ2n) is 1.29. The average molecular weight is 116 g/mol. The van der Waals surface area contributed by atoms with Crippen LogP contribution < -0.4 is 0 Å². The van der Waals surface area contributed by atoms with E-state index >= 15 is 0 Å². The van der Waals surface area contributed by atoms with Crippen LogP contribution in [-0.4, -0.2) is 12.4 Å². The number of hydrogen-bond acceptors (Lipinski definition) is 1. The molecule has 38 valence electrons. The van der Waals surface area contributed by atoms with Gasteiger partial charge in [0.25, 0.3) is 0 Å². The van der Waals surface area contributed by atoms with Gasteiger partial charge in [-0.2, -0.15) is 0 Å². The van der Waals surface area contributed by atoms with Crippen LogP contribution in [0.3, 0.4) is 0 Å². The van der Waals surface area contributed by atoms with Gasteiger partial charge in [0.2, 0.25) is 7.28 Å². The Morgan fingerprint density at radius 3 is 2.43 bits per heavy atom. The minimum Gasteiger partial charge on any atom is -0.522 e. The van der Waals surface area contributed by atoms with E-state index in [0.717, 1.165) is 7.28 Å². The summed E-state index contributed by atoms with van der Waals surface area (Å²) in [6.45, 7) is 0. The third-order valence-corrected chi connectivity index (χ3v) is 0.752. The predicted octanol–water partition coefficient (Wildman–Crippen LogP) is 0.771. The molecule has 1 aliphatic rings. The van der Waals surface area contributed by atoms with Crippen molar-refractivity contribution in [1.82, 2.24) is 0 Å². The quantitative estimate of drug-likeness (QED) is 0.464. The summed E-state index contributed by atoms with van der Waals surface area (Å²) in [4.78, 5) is 0. The third-order valence-electron chi connectivity index (χ3n) is 0.752. The Morgan fingerprint density at radius 1 is 1.57 bits per heavy atom. The van der Waals surface area contributed by atoms with Crippen LogP contribution in [0.25, 0.3) is 0 Å². The maximum absolute atomic E-state index is 8.53. The van der Waals surface area contributed by atoms with Gasteiger partial charge in [-0.15, -0.1) is 18.4 Å². The van der Waals surface area contributed by atoms with Crippen LogP contribution in [0.1, 0.15) is 0 Å². The summed E-state index contributed by atoms with van der Waals surface area (Å²) in [5.74, 6) is 1.91. The van der Waals surface area contributed by atoms with E-state index in [-0.39, 0.29) is 12.4 Å². The molecular weight excluding hydrogens is 110 g/mol. The monoisotopic (exact) mass is 116 g/mol. The van der Waals surface area contributed by atoms with E-state index in [1.165, 1.54) is 0 Å². The lowest BCUT2D eigenvalue weighted by molar-refractivity contribution is 0.451. The number of aliphatic hydroxyl groups is 1. The van der Waals surface area contributed by atoms with Crippen molar-refractivity contribution in [3.63, 3.8) is 0 Å². The van der Waals surface area contributed by atoms with Crippen molar-refractivity contribution in [3.05, 3.63) is 23.8 Å². The van der Waals surface area contributed by atoms with Crippen LogP contribution in [0.5, 0.6) is 0 Å². The molecule has 0 saturated heterocycles. The Balaban J connectivity index is 0.000000360. The van der Waals surface area contributed by atoms with Crippen molar-refractivity contribution in [2.24, 2.45) is 0 Å². The summed E-state index contributed by atoms with van der Waals surface area (Å²) >= 11 is 0. The third kappa shape index (κ3) is 1.69. The van der Waals surface area contributed by atoms with Gasteiger partial charge in [-0.3, -0.25) is 0 Å². The molecule has 1 aliphatic heterocycles. The molecule has 0 amide bonds. The molecule has 0 atom stereocenters. The predicted molar refractivity (Wildman–Crippen MR) is 34.2 cm³/mol. The smallest absolute Gasteiger partial charge is 0.228 e. The van der Waals surface area contributed by atoms with E-state index in [9.17, 15) is 0 Å². The average Bonchev–Trinajstić information content (AvgIpc) is 1.86. The Kier molecular flexibility index (Phi) is 2.61. The van der Waals surface area contributed by atoms with Gasteiger partial charge in [0, 0.05) is 0 Å². The van der Waals surface area contributed by atoms with Gasteiger partial charge < -0.3 is 5.11 Å². The van der Waals surface area contributed by atoms with Crippen molar-refractivity contribution in [2.75, 3.05) is 0 Å². The van der Waals surface area contributed by atoms with Crippen LogP contribution >= 0.6 is 12.4 Å². The van der Waals surface area contributed by atoms with E-state index < -0.39 is 0 Å². The number of allylic oxidation sites excluding steroid dienone is 2. The second-order valence-corrected chi connectivity index (χ2v) is 1.29. The van der Waals surface area contributed by atoms with Crippen molar-refractivity contribution >= 4 is 19.7 Å². The molecule has 3 heteroatoms. The molecule has 0 spiro atoms. The highest BCUT2D eigenvalue weighted by Crippen LogP contribution is 1.93. The molecule has 0 unspecified atom stereocenters. The Morgan fingerprint density at radius 2 is 2.29 bits per heavy atom. The van der Waals surface area contributed by atoms with Crippen LogP contribution in [0.2, 0.25) is 0 Å². The lowest BCUT2D eigenvalue weighted by Crippen LogP contribution is -1.82. The fraction of sp³-hybridized carbons (Fsp3) is 0. The molecule has 1 N–H and O–H groups in total. The molecule has 0 aromatic rings. The lowest BCUT2D eigenvalue weighted by atomic mass is 9.80. The zero-order chi connectivity index (χ0) is 4.41. The highest BCUT2D eigenvalue weighted by atomic mass is 35.5. The van der Waals surface area contributed by atoms with E-state index in [4.69, 9.17) is 5.11 Å². The summed E-state index contributed by atoms with van der Waals surface area (Å²) in [7, 11) is 0.722. The standard InChI is InChI=1S/C4H5BO.ClH/c6-4-2-1-3-5-4;/h1-3,5-6H;1H. The molecule has 1 nitrogen and oxygen atoms in total. The fourth-order valence-electron chi connectivity index (χ4n) is 0.436. The first-order chi connectivity index (χ1) is 2.89. The summed E-state index contributed by atoms with van der Waals surface area (Å²) in [6, 6.07) is 0. The Bertz CT molecular complexity index is 108. The molecule has 0 aliphatic carbocycles. The number of halogens is 1. The minimum absolute atomic E-state index is 0. The number of hydrogen-bond donors (Lipinski definition) is 1. The van der Waals surface area contributed by atoms with E-state index in [2.05, 4.69) is 0 Å². The largest absolute Gasteiger partial charge is 0.522 e. The van der Waals surface area contributed by atoms with Gasteiger partial charge in [-0.05, 0) is 6.08 Å². The molecule has 0 aromatic heterocycles.